The zero-order valence-electron chi connectivity index (χ0n) is 19.1. The van der Waals surface area contributed by atoms with E-state index in [0.717, 1.165) is 22.2 Å². The molecule has 1 aliphatic rings. The number of methoxy groups -OCH3 is 1. The molecular formula is C28H24N2O5. The van der Waals surface area contributed by atoms with Gasteiger partial charge in [0.25, 0.3) is 11.7 Å². The number of Topliss-reactive ketones (excluding diaryl/α,β-unsaturated/α-hetero) is 1. The predicted molar refractivity (Wildman–Crippen MR) is 132 cm³/mol. The van der Waals surface area contributed by atoms with Crippen molar-refractivity contribution in [2.45, 2.75) is 12.5 Å². The van der Waals surface area contributed by atoms with Gasteiger partial charge in [0.1, 0.15) is 17.3 Å². The highest BCUT2D eigenvalue weighted by molar-refractivity contribution is 6.46. The van der Waals surface area contributed by atoms with Gasteiger partial charge in [-0.3, -0.25) is 9.59 Å². The molecule has 0 radical (unpaired) electrons. The topological polar surface area (TPSA) is 103 Å². The van der Waals surface area contributed by atoms with Crippen LogP contribution in [0.3, 0.4) is 0 Å². The van der Waals surface area contributed by atoms with Crippen LogP contribution in [-0.2, 0) is 16.0 Å². The van der Waals surface area contributed by atoms with Crippen molar-refractivity contribution in [2.75, 3.05) is 13.7 Å². The minimum Gasteiger partial charge on any atom is -0.508 e. The molecular weight excluding hydrogens is 444 g/mol. The quantitative estimate of drug-likeness (QED) is 0.219. The molecule has 1 aromatic heterocycles. The molecule has 3 N–H and O–H groups in total. The summed E-state index contributed by atoms with van der Waals surface area (Å²) in [6, 6.07) is 20.0. The number of aromatic hydroxyl groups is 1. The molecule has 3 aromatic carbocycles. The summed E-state index contributed by atoms with van der Waals surface area (Å²) in [5.41, 5.74) is 2.91. The van der Waals surface area contributed by atoms with Gasteiger partial charge in [-0.15, -0.1) is 0 Å². The van der Waals surface area contributed by atoms with Crippen molar-refractivity contribution in [3.05, 3.63) is 101 Å². The summed E-state index contributed by atoms with van der Waals surface area (Å²) < 4.78 is 5.34. The lowest BCUT2D eigenvalue weighted by Crippen LogP contribution is -2.31. The number of ether oxygens (including phenoxy) is 1. The van der Waals surface area contributed by atoms with Crippen LogP contribution in [0.25, 0.3) is 16.7 Å². The molecule has 0 saturated carbocycles. The highest BCUT2D eigenvalue weighted by atomic mass is 16.5. The maximum absolute atomic E-state index is 13.2. The molecule has 0 unspecified atom stereocenters. The molecule has 4 aromatic rings. The minimum absolute atomic E-state index is 0.00685. The zero-order chi connectivity index (χ0) is 24.5. The second-order valence-electron chi connectivity index (χ2n) is 8.43. The second kappa shape index (κ2) is 9.02. The van der Waals surface area contributed by atoms with Crippen molar-refractivity contribution in [2.24, 2.45) is 0 Å². The van der Waals surface area contributed by atoms with Crippen LogP contribution in [0.5, 0.6) is 11.5 Å². The molecule has 0 spiro atoms. The average Bonchev–Trinajstić information content (AvgIpc) is 3.40. The summed E-state index contributed by atoms with van der Waals surface area (Å²) in [7, 11) is 1.61. The Labute approximate surface area is 201 Å². The number of hydrogen-bond donors (Lipinski definition) is 3. The fraction of sp³-hybridized carbons (Fsp3) is 0.143. The van der Waals surface area contributed by atoms with Gasteiger partial charge in [-0.2, -0.15) is 0 Å². The molecule has 1 atom stereocenters. The molecule has 1 fully saturated rings. The third-order valence-corrected chi connectivity index (χ3v) is 6.37. The smallest absolute Gasteiger partial charge is 0.295 e. The number of likely N-dealkylation sites (tertiary alicyclic amines) is 1. The first-order valence-electron chi connectivity index (χ1n) is 11.2. The lowest BCUT2D eigenvalue weighted by atomic mass is 9.95. The number of ketones is 1. The van der Waals surface area contributed by atoms with E-state index < -0.39 is 17.7 Å². The van der Waals surface area contributed by atoms with E-state index in [0.29, 0.717) is 17.5 Å². The Balaban J connectivity index is 1.55. The highest BCUT2D eigenvalue weighted by Crippen LogP contribution is 2.40. The SMILES string of the molecule is COc1ccc2[nH]cc(CCN3C(=O)C(=O)C(=C(O)c4ccccc4)[C@@H]3c3cccc(O)c3)c2c1. The van der Waals surface area contributed by atoms with Gasteiger partial charge in [-0.25, -0.2) is 0 Å². The van der Waals surface area contributed by atoms with Crippen LogP contribution in [0, 0.1) is 0 Å². The second-order valence-corrected chi connectivity index (χ2v) is 8.43. The van der Waals surface area contributed by atoms with E-state index in [-0.39, 0.29) is 23.6 Å². The summed E-state index contributed by atoms with van der Waals surface area (Å²) in [5.74, 6) is -0.942. The number of rotatable bonds is 6. The summed E-state index contributed by atoms with van der Waals surface area (Å²) >= 11 is 0. The van der Waals surface area contributed by atoms with Crippen molar-refractivity contribution in [3.63, 3.8) is 0 Å². The first-order chi connectivity index (χ1) is 17.0. The maximum Gasteiger partial charge on any atom is 0.295 e. The number of phenols is 1. The number of amides is 1. The fourth-order valence-corrected chi connectivity index (χ4v) is 4.64. The lowest BCUT2D eigenvalue weighted by Gasteiger charge is -2.25. The molecule has 7 heteroatoms. The van der Waals surface area contributed by atoms with E-state index in [1.165, 1.54) is 17.0 Å². The number of nitrogens with zero attached hydrogens (tertiary/aromatic N) is 1. The Morgan fingerprint density at radius 2 is 1.83 bits per heavy atom. The lowest BCUT2D eigenvalue weighted by molar-refractivity contribution is -0.139. The van der Waals surface area contributed by atoms with Crippen molar-refractivity contribution >= 4 is 28.4 Å². The van der Waals surface area contributed by atoms with Crippen LogP contribution in [-0.4, -0.2) is 45.4 Å². The Bertz CT molecular complexity index is 1450. The van der Waals surface area contributed by atoms with Gasteiger partial charge >= 0.3 is 0 Å². The molecule has 35 heavy (non-hydrogen) atoms. The van der Waals surface area contributed by atoms with E-state index in [2.05, 4.69) is 4.98 Å². The molecule has 7 nitrogen and oxygen atoms in total. The Morgan fingerprint density at radius 3 is 2.57 bits per heavy atom. The van der Waals surface area contributed by atoms with Crippen LogP contribution in [0.4, 0.5) is 0 Å². The third-order valence-electron chi connectivity index (χ3n) is 6.37. The van der Waals surface area contributed by atoms with Crippen LogP contribution < -0.4 is 4.74 Å². The summed E-state index contributed by atoms with van der Waals surface area (Å²) in [4.78, 5) is 31.0. The standard InChI is InChI=1S/C28H24N2O5/c1-35-21-10-11-23-22(15-21)19(16-29-23)12-13-30-25(18-8-5-9-20(31)14-18)24(27(33)28(30)34)26(32)17-6-3-2-4-7-17/h2-11,14-16,25,29,31-32H,12-13H2,1H3/t25-/m0/s1. The van der Waals surface area contributed by atoms with E-state index in [9.17, 15) is 19.8 Å². The van der Waals surface area contributed by atoms with Crippen molar-refractivity contribution in [3.8, 4) is 11.5 Å². The number of carbonyl (C=O) groups excluding carboxylic acids is 2. The molecule has 5 rings (SSSR count). The Hall–Kier alpha value is -4.52. The van der Waals surface area contributed by atoms with Gasteiger partial charge in [0.2, 0.25) is 0 Å². The van der Waals surface area contributed by atoms with Crippen molar-refractivity contribution in [1.29, 1.82) is 0 Å². The number of carbonyl (C=O) groups is 2. The largest absolute Gasteiger partial charge is 0.508 e. The monoisotopic (exact) mass is 468 g/mol. The normalized spacial score (nSPS) is 17.3. The van der Waals surface area contributed by atoms with Crippen LogP contribution in [0.15, 0.2) is 84.6 Å². The molecule has 0 aliphatic carbocycles. The zero-order valence-corrected chi connectivity index (χ0v) is 19.1. The van der Waals surface area contributed by atoms with Gasteiger partial charge in [-0.05, 0) is 47.9 Å². The number of hydrogen-bond acceptors (Lipinski definition) is 5. The number of H-pyrrole nitrogens is 1. The van der Waals surface area contributed by atoms with Crippen LogP contribution in [0.2, 0.25) is 0 Å². The van der Waals surface area contributed by atoms with E-state index in [1.807, 2.05) is 24.4 Å². The van der Waals surface area contributed by atoms with Crippen LogP contribution in [0.1, 0.15) is 22.7 Å². The summed E-state index contributed by atoms with van der Waals surface area (Å²) in [6.07, 6.45) is 2.36. The van der Waals surface area contributed by atoms with Crippen molar-refractivity contribution in [1.82, 2.24) is 9.88 Å². The fourth-order valence-electron chi connectivity index (χ4n) is 4.64. The number of nitrogens with one attached hydrogen (secondary N) is 1. The Kier molecular flexibility index (Phi) is 5.74. The number of phenolic OH excluding ortho intramolecular Hbond substituents is 1. The number of aromatic amines is 1. The molecule has 1 saturated heterocycles. The number of fused-ring (bicyclic) bond motifs is 1. The molecule has 1 amide bonds. The van der Waals surface area contributed by atoms with E-state index >= 15 is 0 Å². The summed E-state index contributed by atoms with van der Waals surface area (Å²) in [6.45, 7) is 0.237. The molecule has 2 heterocycles. The predicted octanol–water partition coefficient (Wildman–Crippen LogP) is 4.55. The first kappa shape index (κ1) is 22.3. The maximum atomic E-state index is 13.2. The van der Waals surface area contributed by atoms with E-state index in [1.54, 1.807) is 49.6 Å². The Morgan fingerprint density at radius 1 is 1.03 bits per heavy atom. The van der Waals surface area contributed by atoms with Gasteiger partial charge in [0, 0.05) is 29.2 Å². The van der Waals surface area contributed by atoms with Gasteiger partial charge in [0.15, 0.2) is 0 Å². The molecule has 1 aliphatic heterocycles. The number of aliphatic hydroxyl groups excluding tert-OH is 1. The average molecular weight is 469 g/mol. The van der Waals surface area contributed by atoms with E-state index in [4.69, 9.17) is 4.74 Å². The summed E-state index contributed by atoms with van der Waals surface area (Å²) in [5, 5.41) is 22.1. The first-order valence-corrected chi connectivity index (χ1v) is 11.2. The number of benzene rings is 3. The van der Waals surface area contributed by atoms with Crippen molar-refractivity contribution < 1.29 is 24.5 Å². The highest BCUT2D eigenvalue weighted by Gasteiger charge is 2.46. The minimum atomic E-state index is -0.831. The third kappa shape index (κ3) is 4.01. The molecule has 176 valence electrons. The van der Waals surface area contributed by atoms with Gasteiger partial charge < -0.3 is 24.8 Å². The number of aromatic nitrogens is 1. The van der Waals surface area contributed by atoms with Gasteiger partial charge in [-0.1, -0.05) is 42.5 Å². The molecule has 0 bridgehead atoms. The van der Waals surface area contributed by atoms with Crippen LogP contribution >= 0.6 is 0 Å². The van der Waals surface area contributed by atoms with Gasteiger partial charge in [0.05, 0.1) is 18.7 Å². The number of aliphatic hydroxyl groups is 1.